The second kappa shape index (κ2) is 6.04. The van der Waals surface area contributed by atoms with Crippen molar-refractivity contribution in [1.82, 2.24) is 4.72 Å². The van der Waals surface area contributed by atoms with E-state index < -0.39 is 28.7 Å². The molecule has 2 saturated carbocycles. The van der Waals surface area contributed by atoms with Crippen LogP contribution in [0.25, 0.3) is 0 Å². The third-order valence-electron chi connectivity index (χ3n) is 5.19. The molecule has 6 heteroatoms. The van der Waals surface area contributed by atoms with Gasteiger partial charge in [0.25, 0.3) is 5.92 Å². The summed E-state index contributed by atoms with van der Waals surface area (Å²) in [7, 11) is 0. The van der Waals surface area contributed by atoms with E-state index in [2.05, 4.69) is 10.8 Å². The number of nitrogens with zero attached hydrogens (tertiary/aromatic N) is 1. The van der Waals surface area contributed by atoms with Crippen LogP contribution < -0.4 is 4.72 Å². The van der Waals surface area contributed by atoms with Crippen LogP contribution in [0.15, 0.2) is 29.2 Å². The highest BCUT2D eigenvalue weighted by Crippen LogP contribution is 2.65. The molecule has 2 aliphatic carbocycles. The molecule has 0 saturated heterocycles. The third-order valence-corrected chi connectivity index (χ3v) is 6.36. The van der Waals surface area contributed by atoms with Crippen LogP contribution in [0.3, 0.4) is 0 Å². The Morgan fingerprint density at radius 3 is 2.52 bits per heavy atom. The lowest BCUT2D eigenvalue weighted by atomic mass is 9.74. The molecule has 0 heterocycles. The first kappa shape index (κ1) is 16.7. The van der Waals surface area contributed by atoms with Crippen LogP contribution in [0, 0.1) is 29.6 Å². The van der Waals surface area contributed by atoms with E-state index in [1.54, 1.807) is 12.1 Å². The number of benzene rings is 1. The Bertz CT molecular complexity index is 610. The van der Waals surface area contributed by atoms with Gasteiger partial charge < -0.3 is 4.55 Å². The van der Waals surface area contributed by atoms with E-state index in [9.17, 15) is 18.6 Å². The fraction of sp³-hybridized carbons (Fsp3) is 0.588. The van der Waals surface area contributed by atoms with Crippen LogP contribution in [0.4, 0.5) is 8.78 Å². The Morgan fingerprint density at radius 2 is 1.96 bits per heavy atom. The number of nitriles is 1. The Labute approximate surface area is 138 Å². The average molecular weight is 338 g/mol. The van der Waals surface area contributed by atoms with E-state index in [4.69, 9.17) is 0 Å². The van der Waals surface area contributed by atoms with Crippen molar-refractivity contribution in [2.24, 2.45) is 11.3 Å². The van der Waals surface area contributed by atoms with Gasteiger partial charge in [0.05, 0.1) is 17.4 Å². The molecular weight excluding hydrogens is 318 g/mol. The Kier molecular flexibility index (Phi) is 4.39. The van der Waals surface area contributed by atoms with Crippen molar-refractivity contribution in [3.05, 3.63) is 29.8 Å². The predicted octanol–water partition coefficient (Wildman–Crippen LogP) is 3.72. The highest BCUT2D eigenvalue weighted by Gasteiger charge is 2.64. The normalized spacial score (nSPS) is 27.2. The zero-order valence-corrected chi connectivity index (χ0v) is 13.8. The van der Waals surface area contributed by atoms with Crippen molar-refractivity contribution >= 4 is 11.4 Å². The van der Waals surface area contributed by atoms with E-state index in [0.29, 0.717) is 30.6 Å². The summed E-state index contributed by atoms with van der Waals surface area (Å²) in [5, 5.41) is 9.40. The molecule has 2 fully saturated rings. The van der Waals surface area contributed by atoms with E-state index in [1.807, 2.05) is 19.1 Å². The van der Waals surface area contributed by atoms with E-state index >= 15 is 0 Å². The number of halogens is 2. The lowest BCUT2D eigenvalue weighted by Crippen LogP contribution is -2.46. The Morgan fingerprint density at radius 1 is 1.30 bits per heavy atom. The minimum atomic E-state index is -2.61. The molecule has 1 aromatic rings. The smallest absolute Gasteiger partial charge is 0.253 e. The van der Waals surface area contributed by atoms with Gasteiger partial charge in [-0.3, -0.25) is 0 Å². The summed E-state index contributed by atoms with van der Waals surface area (Å²) >= 11 is -1.51. The number of alkyl halides is 2. The first-order valence-corrected chi connectivity index (χ1v) is 9.04. The van der Waals surface area contributed by atoms with Gasteiger partial charge in [-0.1, -0.05) is 17.7 Å². The van der Waals surface area contributed by atoms with E-state index in [1.165, 1.54) is 0 Å². The van der Waals surface area contributed by atoms with Gasteiger partial charge in [-0.25, -0.2) is 8.78 Å². The zero-order chi connectivity index (χ0) is 16.7. The monoisotopic (exact) mass is 338 g/mol. The van der Waals surface area contributed by atoms with Crippen molar-refractivity contribution in [3.63, 3.8) is 0 Å². The molecule has 1 N–H and O–H groups in total. The summed E-state index contributed by atoms with van der Waals surface area (Å²) in [6.45, 7) is 1.94. The third kappa shape index (κ3) is 3.23. The van der Waals surface area contributed by atoms with Crippen molar-refractivity contribution in [2.75, 3.05) is 0 Å². The standard InChI is InChI=1S/C17H20F2N2OS/c1-12-2-4-14(5-3-12)23(22)21-15(11-20)13-6-7-17(18,19)16(10-13)8-9-16/h2-5,13,15,21H,6-10H2,1H3/t13-,15+,23?/m0/s1. The molecule has 1 aromatic carbocycles. The topological polar surface area (TPSA) is 58.9 Å². The first-order valence-electron chi connectivity index (χ1n) is 7.89. The van der Waals surface area contributed by atoms with Gasteiger partial charge in [0.2, 0.25) is 0 Å². The number of rotatable bonds is 4. The maximum absolute atomic E-state index is 14.0. The molecule has 0 radical (unpaired) electrons. The first-order chi connectivity index (χ1) is 10.9. The lowest BCUT2D eigenvalue weighted by molar-refractivity contribution is -0.114. The van der Waals surface area contributed by atoms with Crippen LogP contribution in [0.1, 0.15) is 37.7 Å². The van der Waals surface area contributed by atoms with Gasteiger partial charge in [-0.15, -0.1) is 4.72 Å². The van der Waals surface area contributed by atoms with E-state index in [0.717, 1.165) is 5.56 Å². The second-order valence-corrected chi connectivity index (χ2v) is 8.04. The van der Waals surface area contributed by atoms with Gasteiger partial charge in [0.1, 0.15) is 6.04 Å². The summed E-state index contributed by atoms with van der Waals surface area (Å²) < 4.78 is 43.2. The van der Waals surface area contributed by atoms with Crippen LogP contribution in [-0.2, 0) is 11.4 Å². The van der Waals surface area contributed by atoms with Gasteiger partial charge in [0, 0.05) is 11.8 Å². The molecular formula is C17H20F2N2OS. The van der Waals surface area contributed by atoms with Gasteiger partial charge in [-0.2, -0.15) is 5.26 Å². The molecule has 3 atom stereocenters. The van der Waals surface area contributed by atoms with Crippen LogP contribution in [0.5, 0.6) is 0 Å². The molecule has 124 valence electrons. The minimum absolute atomic E-state index is 0.170. The Hall–Kier alpha value is -1.16. The summed E-state index contributed by atoms with van der Waals surface area (Å²) in [4.78, 5) is 0.595. The number of hydrogen-bond donors (Lipinski definition) is 1. The largest absolute Gasteiger partial charge is 0.593 e. The number of nitrogens with one attached hydrogen (secondary N) is 1. The van der Waals surface area contributed by atoms with E-state index in [-0.39, 0.29) is 12.3 Å². The summed E-state index contributed by atoms with van der Waals surface area (Å²) in [6.07, 6.45) is 1.54. The van der Waals surface area contributed by atoms with Crippen LogP contribution >= 0.6 is 0 Å². The average Bonchev–Trinajstić information content (AvgIpc) is 3.30. The van der Waals surface area contributed by atoms with Crippen molar-refractivity contribution < 1.29 is 13.3 Å². The molecule has 1 unspecified atom stereocenters. The maximum Gasteiger partial charge on any atom is 0.253 e. The summed E-state index contributed by atoms with van der Waals surface area (Å²) in [6, 6.07) is 8.69. The number of aryl methyl sites for hydroxylation is 1. The molecule has 2 aliphatic rings. The van der Waals surface area contributed by atoms with Crippen LogP contribution in [0.2, 0.25) is 0 Å². The minimum Gasteiger partial charge on any atom is -0.593 e. The highest BCUT2D eigenvalue weighted by atomic mass is 32.2. The molecule has 0 bridgehead atoms. The number of hydrogen-bond acceptors (Lipinski definition) is 3. The quantitative estimate of drug-likeness (QED) is 0.851. The van der Waals surface area contributed by atoms with Gasteiger partial charge >= 0.3 is 0 Å². The van der Waals surface area contributed by atoms with Crippen molar-refractivity contribution in [1.29, 1.82) is 5.26 Å². The summed E-state index contributed by atoms with van der Waals surface area (Å²) in [5.74, 6) is -2.78. The molecule has 3 nitrogen and oxygen atoms in total. The Balaban J connectivity index is 1.67. The van der Waals surface area contributed by atoms with Gasteiger partial charge in [0.15, 0.2) is 4.90 Å². The molecule has 3 rings (SSSR count). The SMILES string of the molecule is Cc1ccc([S+]([O-])N[C@H](C#N)[C@H]2CCC(F)(F)C3(CC3)C2)cc1. The predicted molar refractivity (Wildman–Crippen MR) is 84.1 cm³/mol. The fourth-order valence-electron chi connectivity index (χ4n) is 3.46. The van der Waals surface area contributed by atoms with Crippen molar-refractivity contribution in [3.8, 4) is 6.07 Å². The highest BCUT2D eigenvalue weighted by molar-refractivity contribution is 7.89. The zero-order valence-electron chi connectivity index (χ0n) is 13.0. The molecule has 0 amide bonds. The maximum atomic E-state index is 14.0. The molecule has 0 aromatic heterocycles. The van der Waals surface area contributed by atoms with Crippen LogP contribution in [-0.4, -0.2) is 16.5 Å². The second-order valence-electron chi connectivity index (χ2n) is 6.79. The molecule has 1 spiro atoms. The van der Waals surface area contributed by atoms with Crippen molar-refractivity contribution in [2.45, 2.75) is 55.9 Å². The molecule has 23 heavy (non-hydrogen) atoms. The lowest BCUT2D eigenvalue weighted by Gasteiger charge is -2.37. The summed E-state index contributed by atoms with van der Waals surface area (Å²) in [5.41, 5.74) is 0.158. The molecule has 0 aliphatic heterocycles. The fourth-order valence-corrected chi connectivity index (χ4v) is 4.46. The van der Waals surface area contributed by atoms with Gasteiger partial charge in [-0.05, 0) is 50.7 Å².